The van der Waals surface area contributed by atoms with Crippen molar-refractivity contribution in [3.05, 3.63) is 22.6 Å². The van der Waals surface area contributed by atoms with E-state index in [0.717, 1.165) is 0 Å². The lowest BCUT2D eigenvalue weighted by Crippen LogP contribution is -2.07. The molecule has 1 aromatic heterocycles. The highest BCUT2D eigenvalue weighted by Crippen LogP contribution is 2.07. The molecule has 0 aromatic carbocycles. The number of rotatable bonds is 4. The Bertz CT molecular complexity index is 373. The molecular formula is C9H13N3O3. The summed E-state index contributed by atoms with van der Waals surface area (Å²) in [6, 6.07) is -0.350. The molecule has 0 aliphatic heterocycles. The Kier molecular flexibility index (Phi) is 3.54. The van der Waals surface area contributed by atoms with Crippen molar-refractivity contribution < 1.29 is 9.53 Å². The van der Waals surface area contributed by atoms with E-state index in [0.29, 0.717) is 12.2 Å². The first-order valence-corrected chi connectivity index (χ1v) is 4.51. The summed E-state index contributed by atoms with van der Waals surface area (Å²) in [4.78, 5) is 25.4. The molecule has 82 valence electrons. The monoisotopic (exact) mass is 211 g/mol. The van der Waals surface area contributed by atoms with Crippen LogP contribution in [-0.4, -0.2) is 28.7 Å². The topological polar surface area (TPSA) is 73.6 Å². The molecule has 0 spiro atoms. The molecule has 1 aromatic rings. The Morgan fingerprint density at radius 2 is 2.40 bits per heavy atom. The Morgan fingerprint density at radius 3 is 2.93 bits per heavy atom. The Hall–Kier alpha value is -1.72. The average molecular weight is 211 g/mol. The Morgan fingerprint density at radius 1 is 1.73 bits per heavy atom. The van der Waals surface area contributed by atoms with Gasteiger partial charge in [-0.15, -0.1) is 0 Å². The molecule has 1 rings (SSSR count). The molecule has 6 nitrogen and oxygen atoms in total. The first kappa shape index (κ1) is 11.4. The highest BCUT2D eigenvalue weighted by atomic mass is 16.5. The Labute approximate surface area is 87.2 Å². The molecule has 0 N–H and O–H groups in total. The minimum Gasteiger partial charge on any atom is -0.464 e. The summed E-state index contributed by atoms with van der Waals surface area (Å²) in [5, 5.41) is 2.88. The number of nitroso groups, excluding NO2 is 1. The van der Waals surface area contributed by atoms with E-state index in [1.165, 1.54) is 7.11 Å². The zero-order valence-corrected chi connectivity index (χ0v) is 8.93. The number of aromatic nitrogens is 2. The third kappa shape index (κ3) is 2.61. The predicted molar refractivity (Wildman–Crippen MR) is 53.5 cm³/mol. The van der Waals surface area contributed by atoms with Crippen LogP contribution in [0.1, 0.15) is 23.2 Å². The second-order valence-corrected chi connectivity index (χ2v) is 3.30. The van der Waals surface area contributed by atoms with Gasteiger partial charge in [0.25, 0.3) is 0 Å². The van der Waals surface area contributed by atoms with E-state index in [1.807, 2.05) is 0 Å². The molecule has 0 aliphatic rings. The lowest BCUT2D eigenvalue weighted by atomic mass is 10.2. The fourth-order valence-electron chi connectivity index (χ4n) is 1.20. The Balaban J connectivity index is 2.86. The number of ether oxygens (including phenoxy) is 1. The molecule has 0 amide bonds. The first-order chi connectivity index (χ1) is 7.08. The number of methoxy groups -OCH3 is 1. The van der Waals surface area contributed by atoms with Crippen molar-refractivity contribution in [3.63, 3.8) is 0 Å². The van der Waals surface area contributed by atoms with Crippen LogP contribution in [0.3, 0.4) is 0 Å². The zero-order valence-electron chi connectivity index (χ0n) is 8.93. The maximum atomic E-state index is 11.2. The molecule has 6 heteroatoms. The molecule has 1 heterocycles. The number of hydrogen-bond donors (Lipinski definition) is 0. The lowest BCUT2D eigenvalue weighted by molar-refractivity contribution is 0.0594. The van der Waals surface area contributed by atoms with Crippen LogP contribution < -0.4 is 0 Å². The van der Waals surface area contributed by atoms with Crippen LogP contribution in [0, 0.1) is 4.91 Å². The number of nitrogens with zero attached hydrogens (tertiary/aromatic N) is 3. The standard InChI is InChI=1S/C9H13N3O3/c1-6(11-14)4-8-10-7(5-12(8)2)9(13)15-3/h5-6H,4H2,1-3H3. The van der Waals surface area contributed by atoms with Crippen molar-refractivity contribution in [1.82, 2.24) is 9.55 Å². The van der Waals surface area contributed by atoms with Crippen molar-refractivity contribution in [1.29, 1.82) is 0 Å². The van der Waals surface area contributed by atoms with Gasteiger partial charge in [0.1, 0.15) is 5.82 Å². The quantitative estimate of drug-likeness (QED) is 0.548. The minimum atomic E-state index is -0.483. The van der Waals surface area contributed by atoms with Crippen LogP contribution in [0.25, 0.3) is 0 Å². The second-order valence-electron chi connectivity index (χ2n) is 3.30. The van der Waals surface area contributed by atoms with Gasteiger partial charge in [-0.05, 0) is 6.92 Å². The van der Waals surface area contributed by atoms with Gasteiger partial charge in [-0.25, -0.2) is 9.78 Å². The third-order valence-corrected chi connectivity index (χ3v) is 2.03. The highest BCUT2D eigenvalue weighted by molar-refractivity contribution is 5.86. The van der Waals surface area contributed by atoms with Gasteiger partial charge in [0.05, 0.1) is 13.2 Å². The van der Waals surface area contributed by atoms with Crippen LogP contribution in [0.4, 0.5) is 0 Å². The van der Waals surface area contributed by atoms with E-state index in [4.69, 9.17) is 0 Å². The molecule has 0 radical (unpaired) electrons. The van der Waals surface area contributed by atoms with Crippen molar-refractivity contribution >= 4 is 5.97 Å². The molecule has 0 bridgehead atoms. The van der Waals surface area contributed by atoms with E-state index in [9.17, 15) is 9.70 Å². The summed E-state index contributed by atoms with van der Waals surface area (Å²) in [5.74, 6) is 0.158. The summed E-state index contributed by atoms with van der Waals surface area (Å²) in [6.07, 6.45) is 1.98. The molecule has 0 saturated heterocycles. The largest absolute Gasteiger partial charge is 0.464 e. The normalized spacial score (nSPS) is 12.2. The van der Waals surface area contributed by atoms with Crippen LogP contribution >= 0.6 is 0 Å². The molecule has 0 aliphatic carbocycles. The summed E-state index contributed by atoms with van der Waals surface area (Å²) >= 11 is 0. The fourth-order valence-corrected chi connectivity index (χ4v) is 1.20. The van der Waals surface area contributed by atoms with Crippen LogP contribution in [0.5, 0.6) is 0 Å². The third-order valence-electron chi connectivity index (χ3n) is 2.03. The summed E-state index contributed by atoms with van der Waals surface area (Å²) in [6.45, 7) is 1.69. The molecular weight excluding hydrogens is 198 g/mol. The van der Waals surface area contributed by atoms with Crippen LogP contribution in [0.2, 0.25) is 0 Å². The number of imidazole rings is 1. The van der Waals surface area contributed by atoms with Gasteiger partial charge in [-0.3, -0.25) is 0 Å². The second kappa shape index (κ2) is 4.68. The fraction of sp³-hybridized carbons (Fsp3) is 0.556. The maximum Gasteiger partial charge on any atom is 0.358 e. The van der Waals surface area contributed by atoms with Gasteiger partial charge in [-0.2, -0.15) is 4.91 Å². The molecule has 1 atom stereocenters. The molecule has 15 heavy (non-hydrogen) atoms. The van der Waals surface area contributed by atoms with E-state index >= 15 is 0 Å². The summed E-state index contributed by atoms with van der Waals surface area (Å²) in [5.41, 5.74) is 0.244. The van der Waals surface area contributed by atoms with Gasteiger partial charge in [0, 0.05) is 19.7 Å². The minimum absolute atomic E-state index is 0.244. The van der Waals surface area contributed by atoms with Gasteiger partial charge < -0.3 is 9.30 Å². The van der Waals surface area contributed by atoms with Crippen LogP contribution in [0.15, 0.2) is 11.4 Å². The summed E-state index contributed by atoms with van der Waals surface area (Å²) in [7, 11) is 3.05. The van der Waals surface area contributed by atoms with E-state index < -0.39 is 5.97 Å². The maximum absolute atomic E-state index is 11.2. The predicted octanol–water partition coefficient (Wildman–Crippen LogP) is 0.904. The van der Waals surface area contributed by atoms with E-state index in [-0.39, 0.29) is 11.7 Å². The highest BCUT2D eigenvalue weighted by Gasteiger charge is 2.14. The molecule has 0 fully saturated rings. The van der Waals surface area contributed by atoms with Gasteiger partial charge in [-0.1, -0.05) is 5.18 Å². The smallest absolute Gasteiger partial charge is 0.358 e. The van der Waals surface area contributed by atoms with Crippen LogP contribution in [-0.2, 0) is 18.2 Å². The van der Waals surface area contributed by atoms with Gasteiger partial charge in [0.2, 0.25) is 0 Å². The van der Waals surface area contributed by atoms with Crippen molar-refractivity contribution in [2.24, 2.45) is 12.2 Å². The van der Waals surface area contributed by atoms with Crippen molar-refractivity contribution in [2.75, 3.05) is 7.11 Å². The SMILES string of the molecule is COC(=O)c1cn(C)c(CC(C)N=O)n1. The van der Waals surface area contributed by atoms with E-state index in [1.54, 1.807) is 24.7 Å². The number of hydrogen-bond acceptors (Lipinski definition) is 5. The number of aryl methyl sites for hydroxylation is 1. The van der Waals surface area contributed by atoms with Crippen molar-refractivity contribution in [3.8, 4) is 0 Å². The number of carbonyl (C=O) groups is 1. The van der Waals surface area contributed by atoms with Gasteiger partial charge >= 0.3 is 5.97 Å². The number of esters is 1. The van der Waals surface area contributed by atoms with Crippen molar-refractivity contribution in [2.45, 2.75) is 19.4 Å². The zero-order chi connectivity index (χ0) is 11.4. The molecule has 0 saturated carbocycles. The average Bonchev–Trinajstić information content (AvgIpc) is 2.59. The van der Waals surface area contributed by atoms with E-state index in [2.05, 4.69) is 14.9 Å². The molecule has 1 unspecified atom stereocenters. The van der Waals surface area contributed by atoms with Gasteiger partial charge in [0.15, 0.2) is 5.69 Å². The first-order valence-electron chi connectivity index (χ1n) is 4.51. The lowest BCUT2D eigenvalue weighted by Gasteiger charge is -2.01. The number of carbonyl (C=O) groups excluding carboxylic acids is 1. The summed E-state index contributed by atoms with van der Waals surface area (Å²) < 4.78 is 6.22.